The van der Waals surface area contributed by atoms with E-state index < -0.39 is 0 Å². The second-order valence-corrected chi connectivity index (χ2v) is 4.30. The molecule has 0 radical (unpaired) electrons. The highest BCUT2D eigenvalue weighted by atomic mass is 15.2. The molecule has 3 heterocycles. The lowest BCUT2D eigenvalue weighted by atomic mass is 10.1. The van der Waals surface area contributed by atoms with Crippen LogP contribution in [-0.4, -0.2) is 27.2 Å². The summed E-state index contributed by atoms with van der Waals surface area (Å²) in [5.74, 6) is 0.988. The van der Waals surface area contributed by atoms with Crippen LogP contribution >= 0.6 is 0 Å². The molecule has 0 aromatic carbocycles. The Kier molecular flexibility index (Phi) is 2.25. The predicted molar refractivity (Wildman–Crippen MR) is 62.1 cm³/mol. The molecule has 16 heavy (non-hydrogen) atoms. The van der Waals surface area contributed by atoms with Crippen LogP contribution in [0, 0.1) is 0 Å². The van der Waals surface area contributed by atoms with Crippen molar-refractivity contribution in [2.24, 2.45) is 0 Å². The van der Waals surface area contributed by atoms with Crippen LogP contribution in [0.3, 0.4) is 0 Å². The highest BCUT2D eigenvalue weighted by Gasteiger charge is 2.17. The number of fused-ring (bicyclic) bond motifs is 1. The number of hydrogen-bond donors (Lipinski definition) is 2. The quantitative estimate of drug-likeness (QED) is 0.773. The smallest absolute Gasteiger partial charge is 0.160 e. The molecule has 1 unspecified atom stereocenters. The molecule has 84 valence electrons. The third-order valence-electron chi connectivity index (χ3n) is 3.09. The van der Waals surface area contributed by atoms with Gasteiger partial charge in [0.05, 0.1) is 0 Å². The predicted octanol–water partition coefficient (Wildman–Crippen LogP) is 0.606. The molecule has 1 fully saturated rings. The number of rotatable bonds is 2. The van der Waals surface area contributed by atoms with Crippen LogP contribution in [-0.2, 0) is 6.42 Å². The normalized spacial score (nSPS) is 20.6. The van der Waals surface area contributed by atoms with Crippen molar-refractivity contribution in [3.8, 4) is 0 Å². The van der Waals surface area contributed by atoms with Crippen LogP contribution in [0.2, 0.25) is 0 Å². The van der Waals surface area contributed by atoms with Crippen molar-refractivity contribution >= 4 is 11.3 Å². The van der Waals surface area contributed by atoms with Gasteiger partial charge in [0.25, 0.3) is 0 Å². The van der Waals surface area contributed by atoms with Crippen LogP contribution in [0.4, 0.5) is 5.69 Å². The van der Waals surface area contributed by atoms with E-state index in [0.29, 0.717) is 6.04 Å². The largest absolute Gasteiger partial charge is 0.398 e. The van der Waals surface area contributed by atoms with Gasteiger partial charge in [0.15, 0.2) is 5.65 Å². The summed E-state index contributed by atoms with van der Waals surface area (Å²) in [7, 11) is 0. The van der Waals surface area contributed by atoms with E-state index in [0.717, 1.165) is 30.1 Å². The van der Waals surface area contributed by atoms with Gasteiger partial charge >= 0.3 is 0 Å². The third kappa shape index (κ3) is 1.63. The van der Waals surface area contributed by atoms with Gasteiger partial charge in [-0.25, -0.2) is 0 Å². The van der Waals surface area contributed by atoms with Crippen LogP contribution in [0.25, 0.3) is 5.65 Å². The van der Waals surface area contributed by atoms with Crippen molar-refractivity contribution in [1.82, 2.24) is 19.9 Å². The fourth-order valence-electron chi connectivity index (χ4n) is 2.25. The lowest BCUT2D eigenvalue weighted by Crippen LogP contribution is -2.24. The van der Waals surface area contributed by atoms with E-state index in [1.165, 1.54) is 12.8 Å². The number of nitrogens with one attached hydrogen (secondary N) is 1. The maximum atomic E-state index is 5.77. The summed E-state index contributed by atoms with van der Waals surface area (Å²) < 4.78 is 1.98. The van der Waals surface area contributed by atoms with Crippen molar-refractivity contribution in [3.05, 3.63) is 24.2 Å². The molecule has 3 N–H and O–H groups in total. The zero-order chi connectivity index (χ0) is 11.0. The first-order valence-corrected chi connectivity index (χ1v) is 5.65. The molecule has 2 aromatic heterocycles. The first-order valence-electron chi connectivity index (χ1n) is 5.65. The minimum absolute atomic E-state index is 0.536. The van der Waals surface area contributed by atoms with E-state index in [1.54, 1.807) is 0 Å². The summed E-state index contributed by atoms with van der Waals surface area (Å²) in [4.78, 5) is 0. The Labute approximate surface area is 93.7 Å². The minimum atomic E-state index is 0.536. The van der Waals surface area contributed by atoms with Crippen molar-refractivity contribution in [2.45, 2.75) is 25.3 Å². The first kappa shape index (κ1) is 9.59. The molecule has 1 aliphatic heterocycles. The van der Waals surface area contributed by atoms with E-state index in [4.69, 9.17) is 5.73 Å². The summed E-state index contributed by atoms with van der Waals surface area (Å²) in [5.41, 5.74) is 7.37. The van der Waals surface area contributed by atoms with Gasteiger partial charge < -0.3 is 11.1 Å². The number of nitrogens with zero attached hydrogens (tertiary/aromatic N) is 3. The van der Waals surface area contributed by atoms with Gasteiger partial charge in [-0.15, -0.1) is 10.2 Å². The van der Waals surface area contributed by atoms with Gasteiger partial charge in [-0.05, 0) is 31.5 Å². The Balaban J connectivity index is 1.93. The third-order valence-corrected chi connectivity index (χ3v) is 3.09. The van der Waals surface area contributed by atoms with E-state index in [1.807, 2.05) is 22.7 Å². The zero-order valence-electron chi connectivity index (χ0n) is 9.06. The van der Waals surface area contributed by atoms with Crippen LogP contribution in [0.1, 0.15) is 18.7 Å². The van der Waals surface area contributed by atoms with Gasteiger partial charge in [0, 0.05) is 24.3 Å². The summed E-state index contributed by atoms with van der Waals surface area (Å²) in [6, 6.07) is 4.28. The maximum Gasteiger partial charge on any atom is 0.160 e. The number of hydrogen-bond acceptors (Lipinski definition) is 4. The van der Waals surface area contributed by atoms with Crippen LogP contribution in [0.15, 0.2) is 18.3 Å². The SMILES string of the molecule is Nc1ccc2nnc(CC3CCCN3)n2c1. The first-order chi connectivity index (χ1) is 7.83. The molecule has 0 amide bonds. The van der Waals surface area contributed by atoms with Gasteiger partial charge in [0.2, 0.25) is 0 Å². The minimum Gasteiger partial charge on any atom is -0.398 e. The van der Waals surface area contributed by atoms with Gasteiger partial charge in [0.1, 0.15) is 5.82 Å². The number of nitrogen functional groups attached to an aromatic ring is 1. The van der Waals surface area contributed by atoms with Crippen LogP contribution in [0.5, 0.6) is 0 Å². The topological polar surface area (TPSA) is 68.2 Å². The second-order valence-electron chi connectivity index (χ2n) is 4.30. The summed E-state index contributed by atoms with van der Waals surface area (Å²) in [6.45, 7) is 1.11. The molecule has 0 aliphatic carbocycles. The van der Waals surface area contributed by atoms with Crippen molar-refractivity contribution < 1.29 is 0 Å². The highest BCUT2D eigenvalue weighted by Crippen LogP contribution is 2.13. The number of nitrogens with two attached hydrogens (primary N) is 1. The molecule has 1 aliphatic rings. The summed E-state index contributed by atoms with van der Waals surface area (Å²) in [6.07, 6.45) is 5.28. The van der Waals surface area contributed by atoms with Gasteiger partial charge in [-0.2, -0.15) is 0 Å². The molecule has 5 heteroatoms. The van der Waals surface area contributed by atoms with Crippen molar-refractivity contribution in [2.75, 3.05) is 12.3 Å². The second kappa shape index (κ2) is 3.75. The fraction of sp³-hybridized carbons (Fsp3) is 0.455. The lowest BCUT2D eigenvalue weighted by Gasteiger charge is -2.08. The molecular weight excluding hydrogens is 202 g/mol. The lowest BCUT2D eigenvalue weighted by molar-refractivity contribution is 0.582. The Hall–Kier alpha value is -1.62. The van der Waals surface area contributed by atoms with Gasteiger partial charge in [-0.3, -0.25) is 4.40 Å². The summed E-state index contributed by atoms with van der Waals surface area (Å²) in [5, 5.41) is 11.8. The molecule has 1 atom stereocenters. The molecule has 0 spiro atoms. The molecule has 2 aromatic rings. The Morgan fingerprint density at radius 3 is 3.19 bits per heavy atom. The molecule has 0 bridgehead atoms. The number of aromatic nitrogens is 3. The zero-order valence-corrected chi connectivity index (χ0v) is 9.06. The maximum absolute atomic E-state index is 5.77. The Morgan fingerprint density at radius 2 is 2.38 bits per heavy atom. The molecule has 1 saturated heterocycles. The number of pyridine rings is 1. The Bertz CT molecular complexity index is 498. The molecule has 0 saturated carbocycles. The van der Waals surface area contributed by atoms with Gasteiger partial charge in [-0.1, -0.05) is 0 Å². The standard InChI is InChI=1S/C11H15N5/c12-8-3-4-10-14-15-11(16(10)7-8)6-9-2-1-5-13-9/h3-4,7,9,13H,1-2,5-6,12H2. The highest BCUT2D eigenvalue weighted by molar-refractivity contribution is 5.47. The molecular formula is C11H15N5. The summed E-state index contributed by atoms with van der Waals surface area (Å²) >= 11 is 0. The average molecular weight is 217 g/mol. The van der Waals surface area contributed by atoms with E-state index in [9.17, 15) is 0 Å². The van der Waals surface area contributed by atoms with E-state index >= 15 is 0 Å². The Morgan fingerprint density at radius 1 is 1.44 bits per heavy atom. The van der Waals surface area contributed by atoms with Crippen molar-refractivity contribution in [3.63, 3.8) is 0 Å². The fourth-order valence-corrected chi connectivity index (χ4v) is 2.25. The average Bonchev–Trinajstić information content (AvgIpc) is 2.90. The van der Waals surface area contributed by atoms with E-state index in [-0.39, 0.29) is 0 Å². The molecule has 5 nitrogen and oxygen atoms in total. The number of anilines is 1. The van der Waals surface area contributed by atoms with E-state index in [2.05, 4.69) is 15.5 Å². The molecule has 3 rings (SSSR count). The monoisotopic (exact) mass is 217 g/mol. The van der Waals surface area contributed by atoms with Crippen molar-refractivity contribution in [1.29, 1.82) is 0 Å². The van der Waals surface area contributed by atoms with Crippen LogP contribution < -0.4 is 11.1 Å².